The molecule has 0 aliphatic heterocycles. The summed E-state index contributed by atoms with van der Waals surface area (Å²) in [4.78, 5) is 17.5. The number of amides is 1. The van der Waals surface area contributed by atoms with Crippen molar-refractivity contribution < 1.29 is 13.6 Å². The number of rotatable bonds is 7. The molecule has 0 saturated heterocycles. The molecule has 1 amide bonds. The molecular formula is C27H27F2N5O. The van der Waals surface area contributed by atoms with Crippen LogP contribution in [-0.4, -0.2) is 10.9 Å². The van der Waals surface area contributed by atoms with E-state index in [1.165, 1.54) is 24.5 Å². The normalized spacial score (nSPS) is 21.5. The van der Waals surface area contributed by atoms with Gasteiger partial charge in [-0.25, -0.2) is 13.8 Å². The summed E-state index contributed by atoms with van der Waals surface area (Å²) in [6.45, 7) is 13.5. The monoisotopic (exact) mass is 475 g/mol. The Labute approximate surface area is 203 Å². The van der Waals surface area contributed by atoms with E-state index in [0.29, 0.717) is 29.8 Å². The Morgan fingerprint density at radius 1 is 1.26 bits per heavy atom. The number of halogens is 2. The van der Waals surface area contributed by atoms with Gasteiger partial charge in [-0.2, -0.15) is 15.5 Å². The molecule has 2 atom stereocenters. The smallest absolute Gasteiger partial charge is 0.232 e. The standard InChI is InChI=1S/C27H27F2N5O/c1-6-32-34-22(24-20(28)8-7-9-21(24)29)14-17(2)19-12-13-27(5,26(19,3)4)25(35)33-23-11-10-18(15-30)16-31-23/h6-11,14,16,19H,1-2,12-13H2,3-5H3,(H,31,33,35)/b22-14-,34-32?/t19?,27-/m1/s1. The number of aromatic nitrogens is 1. The maximum absolute atomic E-state index is 14.5. The van der Waals surface area contributed by atoms with E-state index in [1.54, 1.807) is 12.1 Å². The van der Waals surface area contributed by atoms with E-state index in [-0.39, 0.29) is 23.1 Å². The van der Waals surface area contributed by atoms with E-state index < -0.39 is 22.5 Å². The van der Waals surface area contributed by atoms with Gasteiger partial charge in [0, 0.05) is 12.4 Å². The summed E-state index contributed by atoms with van der Waals surface area (Å²) < 4.78 is 29.0. The van der Waals surface area contributed by atoms with Crippen LogP contribution in [0.5, 0.6) is 0 Å². The van der Waals surface area contributed by atoms with Crippen molar-refractivity contribution in [3.63, 3.8) is 0 Å². The Balaban J connectivity index is 1.90. The molecule has 1 aromatic heterocycles. The van der Waals surface area contributed by atoms with Gasteiger partial charge in [0.25, 0.3) is 0 Å². The first-order chi connectivity index (χ1) is 16.5. The van der Waals surface area contributed by atoms with E-state index in [9.17, 15) is 13.6 Å². The second kappa shape index (κ2) is 10.1. The zero-order chi connectivity index (χ0) is 25.8. The topological polar surface area (TPSA) is 90.5 Å². The van der Waals surface area contributed by atoms with Gasteiger partial charge in [0.05, 0.1) is 22.2 Å². The zero-order valence-electron chi connectivity index (χ0n) is 20.0. The maximum atomic E-state index is 14.5. The molecule has 1 N–H and O–H groups in total. The largest absolute Gasteiger partial charge is 0.310 e. The Hall–Kier alpha value is -3.99. The number of anilines is 1. The number of carbonyl (C=O) groups excluding carboxylic acids is 1. The van der Waals surface area contributed by atoms with Gasteiger partial charge in [-0.05, 0) is 60.1 Å². The molecule has 1 unspecified atom stereocenters. The fourth-order valence-electron chi connectivity index (χ4n) is 4.62. The lowest BCUT2D eigenvalue weighted by atomic mass is 9.63. The van der Waals surface area contributed by atoms with Crippen molar-refractivity contribution in [2.75, 3.05) is 5.32 Å². The first-order valence-electron chi connectivity index (χ1n) is 11.1. The van der Waals surface area contributed by atoms with E-state index in [4.69, 9.17) is 5.26 Å². The van der Waals surface area contributed by atoms with Crippen LogP contribution in [-0.2, 0) is 4.79 Å². The predicted molar refractivity (Wildman–Crippen MR) is 131 cm³/mol. The van der Waals surface area contributed by atoms with Crippen LogP contribution in [0.15, 0.2) is 77.8 Å². The van der Waals surface area contributed by atoms with Crippen LogP contribution in [0.4, 0.5) is 14.6 Å². The Bertz CT molecular complexity index is 1240. The lowest BCUT2D eigenvalue weighted by Gasteiger charge is -2.40. The molecule has 35 heavy (non-hydrogen) atoms. The number of benzene rings is 1. The van der Waals surface area contributed by atoms with Gasteiger partial charge in [-0.1, -0.05) is 40.0 Å². The van der Waals surface area contributed by atoms with Gasteiger partial charge in [0.15, 0.2) is 0 Å². The third-order valence-electron chi connectivity index (χ3n) is 7.10. The summed E-state index contributed by atoms with van der Waals surface area (Å²) in [7, 11) is 0. The van der Waals surface area contributed by atoms with Gasteiger partial charge in [-0.3, -0.25) is 4.79 Å². The van der Waals surface area contributed by atoms with Crippen LogP contribution in [0, 0.1) is 39.7 Å². The van der Waals surface area contributed by atoms with Gasteiger partial charge < -0.3 is 5.32 Å². The molecule has 0 spiro atoms. The van der Waals surface area contributed by atoms with E-state index in [1.807, 2.05) is 26.8 Å². The third-order valence-corrected chi connectivity index (χ3v) is 7.10. The van der Waals surface area contributed by atoms with Gasteiger partial charge in [0.1, 0.15) is 23.5 Å². The quantitative estimate of drug-likeness (QED) is 0.352. The highest BCUT2D eigenvalue weighted by molar-refractivity contribution is 5.95. The van der Waals surface area contributed by atoms with E-state index in [2.05, 4.69) is 33.7 Å². The predicted octanol–water partition coefficient (Wildman–Crippen LogP) is 6.81. The Morgan fingerprint density at radius 3 is 2.51 bits per heavy atom. The second-order valence-corrected chi connectivity index (χ2v) is 9.24. The van der Waals surface area contributed by atoms with Gasteiger partial charge in [0.2, 0.25) is 5.91 Å². The highest BCUT2D eigenvalue weighted by Gasteiger charge is 2.56. The summed E-state index contributed by atoms with van der Waals surface area (Å²) in [6, 6.07) is 8.73. The minimum atomic E-state index is -0.782. The lowest BCUT2D eigenvalue weighted by Crippen LogP contribution is -2.44. The molecule has 0 bridgehead atoms. The number of nitriles is 1. The SMILES string of the molecule is C=CN=N/C(=C\C(=C)C1CC[C@](C)(C(=O)Nc2ccc(C#N)cn2)C1(C)C)c1c(F)cccc1F. The summed E-state index contributed by atoms with van der Waals surface area (Å²) in [5.74, 6) is -1.55. The number of nitrogens with one attached hydrogen (secondary N) is 1. The Kier molecular flexibility index (Phi) is 7.39. The fraction of sp³-hybridized carbons (Fsp3) is 0.296. The van der Waals surface area contributed by atoms with Crippen molar-refractivity contribution in [3.05, 3.63) is 90.3 Å². The zero-order valence-corrected chi connectivity index (χ0v) is 20.0. The summed E-state index contributed by atoms with van der Waals surface area (Å²) in [6.07, 6.45) is 5.30. The van der Waals surface area contributed by atoms with Crippen LogP contribution in [0.2, 0.25) is 0 Å². The van der Waals surface area contributed by atoms with Gasteiger partial charge >= 0.3 is 0 Å². The number of nitrogens with zero attached hydrogens (tertiary/aromatic N) is 4. The molecule has 8 heteroatoms. The molecule has 3 rings (SSSR count). The lowest BCUT2D eigenvalue weighted by molar-refractivity contribution is -0.130. The molecule has 1 aliphatic rings. The van der Waals surface area contributed by atoms with Crippen LogP contribution in [0.25, 0.3) is 5.70 Å². The van der Waals surface area contributed by atoms with Crippen LogP contribution < -0.4 is 5.32 Å². The maximum Gasteiger partial charge on any atom is 0.232 e. The van der Waals surface area contributed by atoms with E-state index in [0.717, 1.165) is 12.1 Å². The molecular weight excluding hydrogens is 448 g/mol. The molecule has 1 aliphatic carbocycles. The molecule has 1 heterocycles. The number of hydrogen-bond acceptors (Lipinski definition) is 5. The molecule has 180 valence electrons. The molecule has 1 fully saturated rings. The van der Waals surface area contributed by atoms with Crippen LogP contribution in [0.1, 0.15) is 44.7 Å². The number of carbonyl (C=O) groups is 1. The Morgan fingerprint density at radius 2 is 1.94 bits per heavy atom. The van der Waals surface area contributed by atoms with Crippen molar-refractivity contribution in [1.82, 2.24) is 4.98 Å². The minimum Gasteiger partial charge on any atom is -0.310 e. The average molecular weight is 476 g/mol. The number of pyridine rings is 1. The van der Waals surface area contributed by atoms with Crippen molar-refractivity contribution in [3.8, 4) is 6.07 Å². The first kappa shape index (κ1) is 25.6. The van der Waals surface area contributed by atoms with Crippen molar-refractivity contribution in [2.24, 2.45) is 27.0 Å². The van der Waals surface area contributed by atoms with Crippen molar-refractivity contribution in [1.29, 1.82) is 5.26 Å². The highest BCUT2D eigenvalue weighted by atomic mass is 19.1. The molecule has 6 nitrogen and oxygen atoms in total. The number of hydrogen-bond donors (Lipinski definition) is 1. The van der Waals surface area contributed by atoms with Gasteiger partial charge in [-0.15, -0.1) is 0 Å². The minimum absolute atomic E-state index is 0.0128. The molecule has 2 aromatic rings. The summed E-state index contributed by atoms with van der Waals surface area (Å²) in [5.41, 5.74) is -0.677. The molecule has 1 aromatic carbocycles. The van der Waals surface area contributed by atoms with Crippen molar-refractivity contribution >= 4 is 17.4 Å². The van der Waals surface area contributed by atoms with Crippen molar-refractivity contribution in [2.45, 2.75) is 33.6 Å². The summed E-state index contributed by atoms with van der Waals surface area (Å²) in [5, 5.41) is 19.5. The second-order valence-electron chi connectivity index (χ2n) is 9.24. The fourth-order valence-corrected chi connectivity index (χ4v) is 4.62. The first-order valence-corrected chi connectivity index (χ1v) is 11.1. The summed E-state index contributed by atoms with van der Waals surface area (Å²) >= 11 is 0. The van der Waals surface area contributed by atoms with Crippen LogP contribution in [0.3, 0.4) is 0 Å². The van der Waals surface area contributed by atoms with Crippen LogP contribution >= 0.6 is 0 Å². The molecule has 1 saturated carbocycles. The highest BCUT2D eigenvalue weighted by Crippen LogP contribution is 2.58. The average Bonchev–Trinajstić information content (AvgIpc) is 3.07. The number of azo groups is 1. The third kappa shape index (κ3) is 4.94. The van der Waals surface area contributed by atoms with E-state index >= 15 is 0 Å². The molecule has 0 radical (unpaired) electrons. The number of allylic oxidation sites excluding steroid dienone is 2.